The second kappa shape index (κ2) is 3.93. The van der Waals surface area contributed by atoms with Crippen molar-refractivity contribution in [3.63, 3.8) is 0 Å². The molecular weight excluding hydrogens is 266 g/mol. The summed E-state index contributed by atoms with van der Waals surface area (Å²) in [6.07, 6.45) is -12.4. The highest BCUT2D eigenvalue weighted by molar-refractivity contribution is 4.90. The van der Waals surface area contributed by atoms with Crippen molar-refractivity contribution in [2.75, 3.05) is 6.61 Å². The van der Waals surface area contributed by atoms with Crippen molar-refractivity contribution in [1.29, 1.82) is 0 Å². The van der Waals surface area contributed by atoms with Gasteiger partial charge in [-0.05, 0) is 0 Å². The van der Waals surface area contributed by atoms with Crippen LogP contribution in [0.25, 0.3) is 0 Å². The first kappa shape index (κ1) is 15.3. The molecule has 0 fully saturated rings. The molecule has 0 heterocycles. The van der Waals surface area contributed by atoms with Gasteiger partial charge in [0.1, 0.15) is 6.61 Å². The van der Waals surface area contributed by atoms with E-state index in [1.807, 2.05) is 0 Å². The Morgan fingerprint density at radius 2 is 1.06 bits per heavy atom. The molecule has 0 saturated carbocycles. The maximum absolute atomic E-state index is 12.1. The smallest absolute Gasteiger partial charge is 0.285 e. The molecule has 0 spiro atoms. The van der Waals surface area contributed by atoms with Crippen LogP contribution < -0.4 is 0 Å². The Morgan fingerprint density at radius 1 is 0.688 bits per heavy atom. The first-order valence-electron chi connectivity index (χ1n) is 3.24. The van der Waals surface area contributed by atoms with Crippen LogP contribution in [0.4, 0.5) is 43.9 Å². The third kappa shape index (κ3) is 3.39. The van der Waals surface area contributed by atoms with E-state index in [1.54, 1.807) is 0 Å². The monoisotopic (exact) mass is 268 g/mol. The topological polar surface area (TPSA) is 9.23 Å². The van der Waals surface area contributed by atoms with Crippen LogP contribution in [0.1, 0.15) is 0 Å². The lowest BCUT2D eigenvalue weighted by Crippen LogP contribution is -2.54. The molecule has 0 aliphatic rings. The molecule has 0 amide bonds. The van der Waals surface area contributed by atoms with Gasteiger partial charge in [0.2, 0.25) is 0 Å². The molecule has 0 N–H and O–H groups in total. The molecule has 0 atom stereocenters. The second-order valence-electron chi connectivity index (χ2n) is 2.51. The molecule has 0 rings (SSSR count). The maximum atomic E-state index is 12.1. The third-order valence-electron chi connectivity index (χ3n) is 1.23. The first-order valence-corrected chi connectivity index (χ1v) is 3.24. The van der Waals surface area contributed by atoms with Crippen LogP contribution in [-0.4, -0.2) is 31.0 Å². The lowest BCUT2D eigenvalue weighted by Gasteiger charge is -2.27. The highest BCUT2D eigenvalue weighted by atomic mass is 19.4. The number of halogens is 10. The second-order valence-corrected chi connectivity index (χ2v) is 2.51. The standard InChI is InChI=1S/C5H2F10O/c6-2(7,1-16-5(13,14)15)3(8,9)4(10,11)12/h1H2. The van der Waals surface area contributed by atoms with E-state index >= 15 is 0 Å². The van der Waals surface area contributed by atoms with E-state index in [0.29, 0.717) is 0 Å². The van der Waals surface area contributed by atoms with E-state index in [-0.39, 0.29) is 0 Å². The molecule has 16 heavy (non-hydrogen) atoms. The van der Waals surface area contributed by atoms with Crippen molar-refractivity contribution in [3.8, 4) is 0 Å². The summed E-state index contributed by atoms with van der Waals surface area (Å²) in [5.41, 5.74) is 0. The minimum absolute atomic E-state index is 2.25. The van der Waals surface area contributed by atoms with E-state index in [4.69, 9.17) is 0 Å². The SMILES string of the molecule is FC(F)(F)OCC(F)(F)C(F)(F)C(F)(F)F. The Kier molecular flexibility index (Phi) is 3.75. The van der Waals surface area contributed by atoms with E-state index in [9.17, 15) is 43.9 Å². The van der Waals surface area contributed by atoms with Gasteiger partial charge in [0.25, 0.3) is 0 Å². The minimum Gasteiger partial charge on any atom is -0.285 e. The molecule has 0 aromatic rings. The molecule has 0 aliphatic heterocycles. The first-order chi connectivity index (χ1) is 6.71. The van der Waals surface area contributed by atoms with Crippen molar-refractivity contribution in [2.24, 2.45) is 0 Å². The van der Waals surface area contributed by atoms with Gasteiger partial charge in [-0.2, -0.15) is 30.7 Å². The highest BCUT2D eigenvalue weighted by Gasteiger charge is 2.73. The lowest BCUT2D eigenvalue weighted by molar-refractivity contribution is -0.392. The van der Waals surface area contributed by atoms with Gasteiger partial charge in [-0.25, -0.2) is 0 Å². The highest BCUT2D eigenvalue weighted by Crippen LogP contribution is 2.46. The Hall–Kier alpha value is -0.740. The molecule has 0 aromatic carbocycles. The van der Waals surface area contributed by atoms with Crippen molar-refractivity contribution in [2.45, 2.75) is 24.4 Å². The van der Waals surface area contributed by atoms with Crippen LogP contribution >= 0.6 is 0 Å². The lowest BCUT2D eigenvalue weighted by atomic mass is 10.2. The summed E-state index contributed by atoms with van der Waals surface area (Å²) in [6, 6.07) is 0. The number of rotatable bonds is 3. The van der Waals surface area contributed by atoms with Crippen molar-refractivity contribution in [3.05, 3.63) is 0 Å². The molecule has 98 valence electrons. The van der Waals surface area contributed by atoms with Crippen molar-refractivity contribution >= 4 is 0 Å². The zero-order valence-electron chi connectivity index (χ0n) is 6.89. The number of alkyl halides is 10. The third-order valence-corrected chi connectivity index (χ3v) is 1.23. The average molecular weight is 268 g/mol. The zero-order valence-corrected chi connectivity index (χ0v) is 6.89. The molecule has 11 heteroatoms. The predicted molar refractivity (Wildman–Crippen MR) is 28.0 cm³/mol. The van der Waals surface area contributed by atoms with Gasteiger partial charge < -0.3 is 0 Å². The molecule has 0 radical (unpaired) electrons. The van der Waals surface area contributed by atoms with Gasteiger partial charge in [0.05, 0.1) is 0 Å². The summed E-state index contributed by atoms with van der Waals surface area (Å²) in [4.78, 5) is 0. The fourth-order valence-corrected chi connectivity index (χ4v) is 0.470. The van der Waals surface area contributed by atoms with E-state index in [0.717, 1.165) is 0 Å². The minimum atomic E-state index is -6.68. The van der Waals surface area contributed by atoms with Gasteiger partial charge in [-0.1, -0.05) is 0 Å². The predicted octanol–water partition coefficient (Wildman–Crippen LogP) is 3.36. The van der Waals surface area contributed by atoms with Gasteiger partial charge >= 0.3 is 24.4 Å². The molecule has 0 unspecified atom stereocenters. The summed E-state index contributed by atoms with van der Waals surface area (Å²) < 4.78 is 118. The summed E-state index contributed by atoms with van der Waals surface area (Å²) in [6.45, 7) is -3.12. The van der Waals surface area contributed by atoms with Crippen LogP contribution in [-0.2, 0) is 4.74 Å². The fourth-order valence-electron chi connectivity index (χ4n) is 0.470. The summed E-state index contributed by atoms with van der Waals surface area (Å²) in [7, 11) is 0. The fraction of sp³-hybridized carbons (Fsp3) is 1.00. The molecule has 0 aromatic heterocycles. The van der Waals surface area contributed by atoms with Gasteiger partial charge in [0, 0.05) is 0 Å². The quantitative estimate of drug-likeness (QED) is 0.713. The van der Waals surface area contributed by atoms with Crippen LogP contribution in [0.2, 0.25) is 0 Å². The summed E-state index contributed by atoms with van der Waals surface area (Å²) in [5, 5.41) is 0. The zero-order chi connectivity index (χ0) is 13.4. The molecule has 0 aliphatic carbocycles. The van der Waals surface area contributed by atoms with Gasteiger partial charge in [0.15, 0.2) is 0 Å². The van der Waals surface area contributed by atoms with Crippen LogP contribution in [0.15, 0.2) is 0 Å². The Bertz CT molecular complexity index is 237. The van der Waals surface area contributed by atoms with Gasteiger partial charge in [-0.15, -0.1) is 13.2 Å². The molecule has 1 nitrogen and oxygen atoms in total. The Balaban J connectivity index is 4.79. The Labute approximate surface area is 81.0 Å². The maximum Gasteiger partial charge on any atom is 0.522 e. The largest absolute Gasteiger partial charge is 0.522 e. The van der Waals surface area contributed by atoms with Crippen molar-refractivity contribution in [1.82, 2.24) is 0 Å². The molecule has 0 bridgehead atoms. The molecule has 0 saturated heterocycles. The average Bonchev–Trinajstić information content (AvgIpc) is 1.97. The summed E-state index contributed by atoms with van der Waals surface area (Å²) in [5.74, 6) is -12.6. The van der Waals surface area contributed by atoms with E-state index < -0.39 is 31.0 Å². The van der Waals surface area contributed by atoms with Crippen LogP contribution in [0, 0.1) is 0 Å². The van der Waals surface area contributed by atoms with Gasteiger partial charge in [-0.3, -0.25) is 4.74 Å². The number of hydrogen-bond donors (Lipinski definition) is 0. The van der Waals surface area contributed by atoms with E-state index in [1.165, 1.54) is 0 Å². The molecular formula is C5H2F10O. The van der Waals surface area contributed by atoms with E-state index in [2.05, 4.69) is 4.74 Å². The summed E-state index contributed by atoms with van der Waals surface area (Å²) >= 11 is 0. The number of ether oxygens (including phenoxy) is 1. The normalized spacial score (nSPS) is 15.4. The Morgan fingerprint density at radius 3 is 1.31 bits per heavy atom. The number of hydrogen-bond acceptors (Lipinski definition) is 1. The van der Waals surface area contributed by atoms with Crippen LogP contribution in [0.3, 0.4) is 0 Å². The van der Waals surface area contributed by atoms with Crippen molar-refractivity contribution < 1.29 is 48.6 Å². The van der Waals surface area contributed by atoms with Crippen LogP contribution in [0.5, 0.6) is 0 Å².